The molecule has 0 spiro atoms. The van der Waals surface area contributed by atoms with Crippen molar-refractivity contribution in [3.05, 3.63) is 58.7 Å². The van der Waals surface area contributed by atoms with E-state index in [1.165, 1.54) is 18.3 Å². The van der Waals surface area contributed by atoms with Crippen LogP contribution < -0.4 is 5.32 Å². The second kappa shape index (κ2) is 11.3. The van der Waals surface area contributed by atoms with E-state index >= 15 is 0 Å². The Morgan fingerprint density at radius 1 is 1.18 bits per heavy atom. The van der Waals surface area contributed by atoms with Crippen LogP contribution in [0.2, 0.25) is 0 Å². The van der Waals surface area contributed by atoms with Gasteiger partial charge in [0.05, 0.1) is 18.1 Å². The average molecular weight is 457 g/mol. The fourth-order valence-corrected chi connectivity index (χ4v) is 4.02. The Hall–Kier alpha value is -2.84. The number of pyridine rings is 1. The van der Waals surface area contributed by atoms with Crippen LogP contribution in [-0.2, 0) is 16.1 Å². The maximum atomic E-state index is 14.4. The molecule has 7 nitrogen and oxygen atoms in total. The van der Waals surface area contributed by atoms with E-state index in [4.69, 9.17) is 4.74 Å². The number of amides is 2. The largest absolute Gasteiger partial charge is 0.384 e. The topological polar surface area (TPSA) is 74.8 Å². The Labute approximate surface area is 194 Å². The highest BCUT2D eigenvalue weighted by Gasteiger charge is 2.27. The number of hydrogen-bond donors (Lipinski definition) is 1. The number of aromatic nitrogens is 1. The van der Waals surface area contributed by atoms with Crippen molar-refractivity contribution in [1.82, 2.24) is 14.8 Å². The third-order valence-electron chi connectivity index (χ3n) is 6.19. The molecular formula is C25H33FN4O3. The van der Waals surface area contributed by atoms with Crippen molar-refractivity contribution in [1.29, 1.82) is 0 Å². The lowest BCUT2D eigenvalue weighted by molar-refractivity contribution is -0.139. The first-order chi connectivity index (χ1) is 15.8. The van der Waals surface area contributed by atoms with Crippen molar-refractivity contribution >= 4 is 17.5 Å². The van der Waals surface area contributed by atoms with Crippen molar-refractivity contribution in [3.8, 4) is 0 Å². The summed E-state index contributed by atoms with van der Waals surface area (Å²) in [6.07, 6.45) is 2.26. The van der Waals surface area contributed by atoms with E-state index in [1.54, 1.807) is 19.2 Å². The highest BCUT2D eigenvalue weighted by Crippen LogP contribution is 2.24. The van der Waals surface area contributed by atoms with Gasteiger partial charge in [0, 0.05) is 57.4 Å². The number of rotatable bonds is 8. The van der Waals surface area contributed by atoms with Crippen LogP contribution in [0.25, 0.3) is 0 Å². The molecular weight excluding hydrogens is 423 g/mol. The summed E-state index contributed by atoms with van der Waals surface area (Å²) >= 11 is 0. The molecule has 3 rings (SSSR count). The van der Waals surface area contributed by atoms with E-state index in [0.29, 0.717) is 50.6 Å². The number of ether oxygens (including phenoxy) is 1. The minimum atomic E-state index is -0.396. The summed E-state index contributed by atoms with van der Waals surface area (Å²) in [4.78, 5) is 33.5. The number of benzene rings is 1. The minimum absolute atomic E-state index is 0.109. The van der Waals surface area contributed by atoms with E-state index in [1.807, 2.05) is 25.7 Å². The zero-order valence-corrected chi connectivity index (χ0v) is 19.9. The van der Waals surface area contributed by atoms with Crippen molar-refractivity contribution < 1.29 is 18.7 Å². The molecule has 2 amide bonds. The molecule has 1 atom stereocenters. The lowest BCUT2D eigenvalue weighted by Crippen LogP contribution is -2.50. The number of halogens is 1. The lowest BCUT2D eigenvalue weighted by atomic mass is 10.0. The van der Waals surface area contributed by atoms with Gasteiger partial charge in [-0.05, 0) is 55.7 Å². The first-order valence-corrected chi connectivity index (χ1v) is 11.4. The van der Waals surface area contributed by atoms with Gasteiger partial charge in [0.1, 0.15) is 5.82 Å². The smallest absolute Gasteiger partial charge is 0.257 e. The zero-order valence-electron chi connectivity index (χ0n) is 19.9. The first-order valence-electron chi connectivity index (χ1n) is 11.4. The standard InChI is InChI=1S/C25H33FN4O3/c1-5-19(16-33-4)25(32)30-10-8-29(9-11-30)15-21-12-22(26)13-23(18(21)3)28-24(31)20-7-6-17(2)27-14-20/h6-7,12-14,19H,5,8-11,15-16H2,1-4H3,(H,28,31). The van der Waals surface area contributed by atoms with Crippen molar-refractivity contribution in [2.75, 3.05) is 45.2 Å². The molecule has 0 bridgehead atoms. The van der Waals surface area contributed by atoms with Crippen LogP contribution >= 0.6 is 0 Å². The molecule has 0 radical (unpaired) electrons. The number of piperazine rings is 1. The third-order valence-corrected chi connectivity index (χ3v) is 6.19. The molecule has 1 aromatic carbocycles. The number of carbonyl (C=O) groups is 2. The van der Waals surface area contributed by atoms with Crippen LogP contribution in [0.1, 0.15) is 40.5 Å². The summed E-state index contributed by atoms with van der Waals surface area (Å²) in [6.45, 7) is 9.41. The molecule has 0 saturated carbocycles. The molecule has 33 heavy (non-hydrogen) atoms. The quantitative estimate of drug-likeness (QED) is 0.659. The summed E-state index contributed by atoms with van der Waals surface area (Å²) in [5.74, 6) is -0.693. The lowest BCUT2D eigenvalue weighted by Gasteiger charge is -2.36. The summed E-state index contributed by atoms with van der Waals surface area (Å²) in [5, 5.41) is 2.82. The van der Waals surface area contributed by atoms with E-state index in [2.05, 4.69) is 15.2 Å². The summed E-state index contributed by atoms with van der Waals surface area (Å²) in [5.41, 5.74) is 3.34. The Morgan fingerprint density at radius 3 is 2.52 bits per heavy atom. The monoisotopic (exact) mass is 456 g/mol. The van der Waals surface area contributed by atoms with Crippen LogP contribution in [0.3, 0.4) is 0 Å². The molecule has 8 heteroatoms. The molecule has 178 valence electrons. The van der Waals surface area contributed by atoms with Gasteiger partial charge >= 0.3 is 0 Å². The SMILES string of the molecule is CCC(COC)C(=O)N1CCN(Cc2cc(F)cc(NC(=O)c3ccc(C)nc3)c2C)CC1. The van der Waals surface area contributed by atoms with Crippen LogP contribution in [-0.4, -0.2) is 66.5 Å². The molecule has 1 N–H and O–H groups in total. The van der Waals surface area contributed by atoms with Gasteiger partial charge in [0.25, 0.3) is 5.91 Å². The molecule has 1 unspecified atom stereocenters. The molecule has 1 fully saturated rings. The number of methoxy groups -OCH3 is 1. The van der Waals surface area contributed by atoms with Gasteiger partial charge in [-0.1, -0.05) is 6.92 Å². The fourth-order valence-electron chi connectivity index (χ4n) is 4.02. The van der Waals surface area contributed by atoms with Gasteiger partial charge < -0.3 is 15.0 Å². The first kappa shape index (κ1) is 24.8. The van der Waals surface area contributed by atoms with Crippen LogP contribution in [0.15, 0.2) is 30.5 Å². The van der Waals surface area contributed by atoms with Crippen molar-refractivity contribution in [3.63, 3.8) is 0 Å². The van der Waals surface area contributed by atoms with Gasteiger partial charge in [0.2, 0.25) is 5.91 Å². The Balaban J connectivity index is 1.64. The predicted molar refractivity (Wildman–Crippen MR) is 126 cm³/mol. The Morgan fingerprint density at radius 2 is 1.91 bits per heavy atom. The number of anilines is 1. The predicted octanol–water partition coefficient (Wildman–Crippen LogP) is 3.41. The number of nitrogens with zero attached hydrogens (tertiary/aromatic N) is 3. The summed E-state index contributed by atoms with van der Waals surface area (Å²) in [7, 11) is 1.61. The van der Waals surface area contributed by atoms with E-state index < -0.39 is 5.82 Å². The van der Waals surface area contributed by atoms with Gasteiger partial charge in [-0.15, -0.1) is 0 Å². The molecule has 1 aliphatic heterocycles. The normalized spacial score (nSPS) is 15.4. The summed E-state index contributed by atoms with van der Waals surface area (Å²) < 4.78 is 19.6. The van der Waals surface area contributed by atoms with E-state index in [0.717, 1.165) is 23.2 Å². The van der Waals surface area contributed by atoms with Gasteiger partial charge in [-0.2, -0.15) is 0 Å². The second-order valence-electron chi connectivity index (χ2n) is 8.54. The highest BCUT2D eigenvalue weighted by molar-refractivity contribution is 6.04. The third kappa shape index (κ3) is 6.36. The van der Waals surface area contributed by atoms with Crippen molar-refractivity contribution in [2.24, 2.45) is 5.92 Å². The minimum Gasteiger partial charge on any atom is -0.384 e. The van der Waals surface area contributed by atoms with Gasteiger partial charge in [0.15, 0.2) is 0 Å². The summed E-state index contributed by atoms with van der Waals surface area (Å²) in [6, 6.07) is 6.32. The average Bonchev–Trinajstić information content (AvgIpc) is 2.81. The molecule has 1 aliphatic rings. The van der Waals surface area contributed by atoms with Crippen LogP contribution in [0.4, 0.5) is 10.1 Å². The van der Waals surface area contributed by atoms with E-state index in [-0.39, 0.29) is 17.7 Å². The molecule has 2 heterocycles. The zero-order chi connectivity index (χ0) is 24.0. The number of aryl methyl sites for hydroxylation is 1. The maximum absolute atomic E-state index is 14.4. The second-order valence-corrected chi connectivity index (χ2v) is 8.54. The van der Waals surface area contributed by atoms with Gasteiger partial charge in [-0.3, -0.25) is 19.5 Å². The van der Waals surface area contributed by atoms with Gasteiger partial charge in [-0.25, -0.2) is 4.39 Å². The highest BCUT2D eigenvalue weighted by atomic mass is 19.1. The van der Waals surface area contributed by atoms with Crippen LogP contribution in [0.5, 0.6) is 0 Å². The maximum Gasteiger partial charge on any atom is 0.257 e. The Kier molecular flexibility index (Phi) is 8.52. The van der Waals surface area contributed by atoms with Crippen LogP contribution in [0, 0.1) is 25.6 Å². The molecule has 2 aromatic rings. The Bertz CT molecular complexity index is 972. The molecule has 1 saturated heterocycles. The number of hydrogen-bond acceptors (Lipinski definition) is 5. The molecule has 0 aliphatic carbocycles. The van der Waals surface area contributed by atoms with Crippen molar-refractivity contribution in [2.45, 2.75) is 33.7 Å². The fraction of sp³-hybridized carbons (Fsp3) is 0.480. The number of nitrogens with one attached hydrogen (secondary N) is 1. The molecule has 1 aromatic heterocycles. The number of carbonyl (C=O) groups excluding carboxylic acids is 2. The van der Waals surface area contributed by atoms with E-state index in [9.17, 15) is 14.0 Å².